The summed E-state index contributed by atoms with van der Waals surface area (Å²) in [6.07, 6.45) is 0. The molecule has 142 valence electrons. The van der Waals surface area contributed by atoms with Crippen LogP contribution in [-0.4, -0.2) is 0 Å². The fourth-order valence-corrected chi connectivity index (χ4v) is 6.59. The van der Waals surface area contributed by atoms with Crippen LogP contribution in [0, 0.1) is 27.1 Å². The Morgan fingerprint density at radius 3 is 0.960 bits per heavy atom. The third kappa shape index (κ3) is 1.90. The maximum atomic E-state index is 2.53. The van der Waals surface area contributed by atoms with E-state index in [4.69, 9.17) is 0 Å². The zero-order chi connectivity index (χ0) is 20.0. The Bertz CT molecular complexity index is 675. The molecule has 0 saturated heterocycles. The highest BCUT2D eigenvalue weighted by Gasteiger charge is 2.61. The number of allylic oxidation sites excluding steroid dienone is 6. The minimum atomic E-state index is 0.0444. The predicted octanol–water partition coefficient (Wildman–Crippen LogP) is 8.11. The molecule has 0 unspecified atom stereocenters. The van der Waals surface area contributed by atoms with Crippen molar-refractivity contribution in [1.82, 2.24) is 0 Å². The van der Waals surface area contributed by atoms with E-state index in [-0.39, 0.29) is 27.1 Å². The average Bonchev–Trinajstić information content (AvgIpc) is 2.53. The third-order valence-electron chi connectivity index (χ3n) is 10.5. The molecular formula is C25H42. The lowest BCUT2D eigenvalue weighted by Crippen LogP contribution is -2.55. The second-order valence-electron chi connectivity index (χ2n) is 10.9. The van der Waals surface area contributed by atoms with Gasteiger partial charge in [0.15, 0.2) is 0 Å². The average molecular weight is 343 g/mol. The van der Waals surface area contributed by atoms with Crippen molar-refractivity contribution in [2.75, 3.05) is 0 Å². The van der Waals surface area contributed by atoms with E-state index >= 15 is 0 Å². The molecule has 0 saturated carbocycles. The summed E-state index contributed by atoms with van der Waals surface area (Å²) in [7, 11) is 0. The Labute approximate surface area is 157 Å². The summed E-state index contributed by atoms with van der Waals surface area (Å²) in [6, 6.07) is 0. The van der Waals surface area contributed by atoms with Crippen molar-refractivity contribution < 1.29 is 0 Å². The summed E-state index contributed by atoms with van der Waals surface area (Å²) in [4.78, 5) is 0. The van der Waals surface area contributed by atoms with E-state index in [1.165, 1.54) is 0 Å². The van der Waals surface area contributed by atoms with E-state index in [9.17, 15) is 0 Å². The molecule has 0 atom stereocenters. The fraction of sp³-hybridized carbons (Fsp3) is 0.760. The lowest BCUT2D eigenvalue weighted by molar-refractivity contribution is 0.0268. The molecule has 0 heteroatoms. The zero-order valence-electron chi connectivity index (χ0n) is 19.5. The molecule has 3 aliphatic carbocycles. The van der Waals surface area contributed by atoms with Crippen LogP contribution in [0.15, 0.2) is 33.4 Å². The van der Waals surface area contributed by atoms with Gasteiger partial charge in [-0.05, 0) is 57.8 Å². The summed E-state index contributed by atoms with van der Waals surface area (Å²) in [5.74, 6) is 0. The summed E-state index contributed by atoms with van der Waals surface area (Å²) in [5, 5.41) is 0. The van der Waals surface area contributed by atoms with Gasteiger partial charge in [0, 0.05) is 10.8 Å². The first-order valence-corrected chi connectivity index (χ1v) is 10.0. The van der Waals surface area contributed by atoms with Gasteiger partial charge in [0.05, 0.1) is 0 Å². The standard InChI is InChI=1S/C25H42/c1-15-18(4)24(13)19(5)16(2)23(11,12)25(14,22(15,9)10)20(6)17(3)21(24,7)8/h1-14H3/b18-15-,19-16-,20-17?. The molecule has 0 spiro atoms. The number of fused-ring (bicyclic) bond motifs is 3. The number of hydrogen-bond donors (Lipinski definition) is 0. The Hall–Kier alpha value is -0.780. The van der Waals surface area contributed by atoms with E-state index < -0.39 is 0 Å². The van der Waals surface area contributed by atoms with Gasteiger partial charge in [-0.15, -0.1) is 0 Å². The molecule has 0 fully saturated rings. The fourth-order valence-electron chi connectivity index (χ4n) is 6.59. The minimum Gasteiger partial charge on any atom is -0.0669 e. The molecule has 25 heavy (non-hydrogen) atoms. The van der Waals surface area contributed by atoms with Crippen LogP contribution in [-0.2, 0) is 0 Å². The number of rotatable bonds is 0. The van der Waals surface area contributed by atoms with Crippen LogP contribution >= 0.6 is 0 Å². The van der Waals surface area contributed by atoms with Gasteiger partial charge in [-0.3, -0.25) is 0 Å². The maximum Gasteiger partial charge on any atom is 0.0180 e. The largest absolute Gasteiger partial charge is 0.0669 e. The van der Waals surface area contributed by atoms with Crippen molar-refractivity contribution in [2.24, 2.45) is 27.1 Å². The van der Waals surface area contributed by atoms with Crippen molar-refractivity contribution in [3.05, 3.63) is 33.4 Å². The summed E-state index contributed by atoms with van der Waals surface area (Å²) < 4.78 is 0. The molecule has 0 amide bonds. The smallest absolute Gasteiger partial charge is 0.0180 e. The molecule has 0 aromatic heterocycles. The van der Waals surface area contributed by atoms with Crippen molar-refractivity contribution in [1.29, 1.82) is 0 Å². The molecule has 0 aliphatic heterocycles. The Morgan fingerprint density at radius 2 is 0.640 bits per heavy atom. The van der Waals surface area contributed by atoms with Gasteiger partial charge in [-0.25, -0.2) is 0 Å². The van der Waals surface area contributed by atoms with Gasteiger partial charge >= 0.3 is 0 Å². The van der Waals surface area contributed by atoms with E-state index in [1.54, 1.807) is 33.4 Å². The first-order valence-electron chi connectivity index (χ1n) is 10.0. The summed E-state index contributed by atoms with van der Waals surface area (Å²) in [6.45, 7) is 34.3. The molecule has 3 aliphatic rings. The predicted molar refractivity (Wildman–Crippen MR) is 113 cm³/mol. The molecule has 0 aromatic carbocycles. The summed E-state index contributed by atoms with van der Waals surface area (Å²) >= 11 is 0. The highest BCUT2D eigenvalue weighted by molar-refractivity contribution is 5.51. The van der Waals surface area contributed by atoms with Crippen molar-refractivity contribution in [2.45, 2.75) is 96.9 Å². The Kier molecular flexibility index (Phi) is 4.22. The molecule has 0 nitrogen and oxygen atoms in total. The minimum absolute atomic E-state index is 0.0444. The monoisotopic (exact) mass is 342 g/mol. The quantitative estimate of drug-likeness (QED) is 0.390. The summed E-state index contributed by atoms with van der Waals surface area (Å²) in [5.41, 5.74) is 9.91. The molecular weight excluding hydrogens is 300 g/mol. The van der Waals surface area contributed by atoms with Crippen LogP contribution in [0.25, 0.3) is 0 Å². The first-order chi connectivity index (χ1) is 10.9. The van der Waals surface area contributed by atoms with Crippen LogP contribution in [0.2, 0.25) is 0 Å². The van der Waals surface area contributed by atoms with Crippen molar-refractivity contribution in [3.8, 4) is 0 Å². The molecule has 0 heterocycles. The van der Waals surface area contributed by atoms with Crippen LogP contribution in [0.1, 0.15) is 96.9 Å². The SMILES string of the molecule is CC1=C(C)C2(C)C(C)(C)/C(C)=C(/C)C(C)(/C(C)=C(/C)C2(C)C)C1(C)C. The van der Waals surface area contributed by atoms with Crippen molar-refractivity contribution >= 4 is 0 Å². The van der Waals surface area contributed by atoms with E-state index in [1.807, 2.05) is 0 Å². The van der Waals surface area contributed by atoms with Gasteiger partial charge in [0.2, 0.25) is 0 Å². The molecule has 0 radical (unpaired) electrons. The zero-order valence-corrected chi connectivity index (χ0v) is 19.5. The van der Waals surface area contributed by atoms with Gasteiger partial charge in [0.1, 0.15) is 0 Å². The van der Waals surface area contributed by atoms with E-state index in [2.05, 4.69) is 96.9 Å². The van der Waals surface area contributed by atoms with Crippen molar-refractivity contribution in [3.63, 3.8) is 0 Å². The van der Waals surface area contributed by atoms with Gasteiger partial charge < -0.3 is 0 Å². The van der Waals surface area contributed by atoms with Crippen LogP contribution in [0.3, 0.4) is 0 Å². The van der Waals surface area contributed by atoms with Gasteiger partial charge in [-0.1, -0.05) is 88.8 Å². The second-order valence-corrected chi connectivity index (χ2v) is 10.9. The lowest BCUT2D eigenvalue weighted by Gasteiger charge is -2.64. The van der Waals surface area contributed by atoms with Crippen LogP contribution < -0.4 is 0 Å². The molecule has 0 N–H and O–H groups in total. The lowest BCUT2D eigenvalue weighted by atomic mass is 9.39. The highest BCUT2D eigenvalue weighted by atomic mass is 14.6. The Morgan fingerprint density at radius 1 is 0.360 bits per heavy atom. The highest BCUT2D eigenvalue weighted by Crippen LogP contribution is 2.70. The normalized spacial score (nSPS) is 43.0. The third-order valence-corrected chi connectivity index (χ3v) is 10.5. The Balaban J connectivity index is 3.28. The molecule has 2 bridgehead atoms. The van der Waals surface area contributed by atoms with E-state index in [0.29, 0.717) is 0 Å². The second kappa shape index (κ2) is 5.14. The molecule has 3 rings (SSSR count). The maximum absolute atomic E-state index is 2.53. The van der Waals surface area contributed by atoms with Crippen LogP contribution in [0.4, 0.5) is 0 Å². The van der Waals surface area contributed by atoms with Crippen LogP contribution in [0.5, 0.6) is 0 Å². The van der Waals surface area contributed by atoms with Gasteiger partial charge in [-0.2, -0.15) is 0 Å². The van der Waals surface area contributed by atoms with Gasteiger partial charge in [0.25, 0.3) is 0 Å². The first kappa shape index (κ1) is 20.5. The molecule has 0 aromatic rings. The van der Waals surface area contributed by atoms with E-state index in [0.717, 1.165) is 0 Å². The topological polar surface area (TPSA) is 0 Å². The number of hydrogen-bond acceptors (Lipinski definition) is 0.